The summed E-state index contributed by atoms with van der Waals surface area (Å²) in [6, 6.07) is 20.8. The summed E-state index contributed by atoms with van der Waals surface area (Å²) < 4.78 is 46.3. The summed E-state index contributed by atoms with van der Waals surface area (Å²) in [4.78, 5) is 29.3. The summed E-state index contributed by atoms with van der Waals surface area (Å²) in [6.07, 6.45) is 2.82. The second kappa shape index (κ2) is 15.7. The topological polar surface area (TPSA) is 96.0 Å². The first-order valence-electron chi connectivity index (χ1n) is 14.8. The average Bonchev–Trinajstić information content (AvgIpc) is 3.58. The molecule has 1 N–H and O–H groups in total. The van der Waals surface area contributed by atoms with Crippen molar-refractivity contribution in [3.63, 3.8) is 0 Å². The number of hydrogen-bond acceptors (Lipinski definition) is 5. The molecule has 0 radical (unpaired) electrons. The molecule has 1 aliphatic rings. The van der Waals surface area contributed by atoms with E-state index in [0.717, 1.165) is 18.4 Å². The van der Waals surface area contributed by atoms with Crippen molar-refractivity contribution in [1.29, 1.82) is 0 Å². The number of amides is 2. The Morgan fingerprint density at radius 1 is 0.953 bits per heavy atom. The number of hydrogen-bond donors (Lipinski definition) is 1. The smallest absolute Gasteiger partial charge is 0.247 e. The zero-order valence-corrected chi connectivity index (χ0v) is 25.4. The SMILES string of the molecule is CCOCCCNC(=O)[C@@H](c1ccccc1)N(Cc1ccc(F)cc1)C(=O)CCc1ccc(S(=O)(=O)N2CCCC2)cc1. The van der Waals surface area contributed by atoms with Gasteiger partial charge in [-0.15, -0.1) is 0 Å². The molecule has 1 fully saturated rings. The van der Waals surface area contributed by atoms with Crippen LogP contribution < -0.4 is 5.32 Å². The first kappa shape index (κ1) is 32.3. The van der Waals surface area contributed by atoms with Crippen LogP contribution >= 0.6 is 0 Å². The average molecular weight is 610 g/mol. The van der Waals surface area contributed by atoms with Crippen molar-refractivity contribution >= 4 is 21.8 Å². The Labute approximate surface area is 253 Å². The van der Waals surface area contributed by atoms with Gasteiger partial charge in [-0.1, -0.05) is 54.6 Å². The number of carbonyl (C=O) groups excluding carboxylic acids is 2. The summed E-state index contributed by atoms with van der Waals surface area (Å²) in [5.41, 5.74) is 2.17. The van der Waals surface area contributed by atoms with Crippen LogP contribution in [0.3, 0.4) is 0 Å². The molecule has 1 aliphatic heterocycles. The fourth-order valence-corrected chi connectivity index (χ4v) is 6.66. The maximum absolute atomic E-state index is 13.9. The second-order valence-corrected chi connectivity index (χ2v) is 12.5. The van der Waals surface area contributed by atoms with Gasteiger partial charge in [0.15, 0.2) is 0 Å². The lowest BCUT2D eigenvalue weighted by Gasteiger charge is -2.32. The predicted octanol–water partition coefficient (Wildman–Crippen LogP) is 4.86. The Balaban J connectivity index is 1.53. The van der Waals surface area contributed by atoms with E-state index in [9.17, 15) is 22.4 Å². The highest BCUT2D eigenvalue weighted by Gasteiger charge is 2.31. The zero-order chi connectivity index (χ0) is 30.7. The van der Waals surface area contributed by atoms with Gasteiger partial charge < -0.3 is 15.0 Å². The molecule has 3 aromatic carbocycles. The summed E-state index contributed by atoms with van der Waals surface area (Å²) in [6.45, 7) is 4.59. The first-order valence-corrected chi connectivity index (χ1v) is 16.3. The Bertz CT molecular complexity index is 1430. The van der Waals surface area contributed by atoms with Crippen LogP contribution in [0.15, 0.2) is 83.8 Å². The van der Waals surface area contributed by atoms with Crippen LogP contribution in [0.4, 0.5) is 4.39 Å². The molecule has 4 rings (SSSR count). The van der Waals surface area contributed by atoms with Crippen LogP contribution in [0.25, 0.3) is 0 Å². The van der Waals surface area contributed by atoms with Crippen molar-refractivity contribution in [2.45, 2.75) is 56.5 Å². The Morgan fingerprint density at radius 3 is 2.26 bits per heavy atom. The third kappa shape index (κ3) is 8.95. The van der Waals surface area contributed by atoms with E-state index in [1.807, 2.05) is 37.3 Å². The van der Waals surface area contributed by atoms with Crippen molar-refractivity contribution in [2.24, 2.45) is 0 Å². The van der Waals surface area contributed by atoms with E-state index < -0.39 is 16.1 Å². The molecule has 0 unspecified atom stereocenters. The second-order valence-electron chi connectivity index (χ2n) is 10.6. The van der Waals surface area contributed by atoms with E-state index in [0.29, 0.717) is 56.8 Å². The lowest BCUT2D eigenvalue weighted by molar-refractivity contribution is -0.141. The van der Waals surface area contributed by atoms with Crippen LogP contribution in [0.1, 0.15) is 55.3 Å². The molecule has 1 atom stereocenters. The third-order valence-corrected chi connectivity index (χ3v) is 9.40. The molecule has 0 spiro atoms. The normalized spacial score (nSPS) is 14.4. The molecule has 1 saturated heterocycles. The van der Waals surface area contributed by atoms with Gasteiger partial charge in [-0.3, -0.25) is 9.59 Å². The third-order valence-electron chi connectivity index (χ3n) is 7.48. The molecule has 10 heteroatoms. The molecule has 8 nitrogen and oxygen atoms in total. The number of nitrogens with zero attached hydrogens (tertiary/aromatic N) is 2. The van der Waals surface area contributed by atoms with E-state index in [-0.39, 0.29) is 35.5 Å². The van der Waals surface area contributed by atoms with Gasteiger partial charge in [-0.05, 0) is 73.6 Å². The summed E-state index contributed by atoms with van der Waals surface area (Å²) in [5.74, 6) is -0.950. The minimum Gasteiger partial charge on any atom is -0.382 e. The fourth-order valence-electron chi connectivity index (χ4n) is 5.15. The summed E-state index contributed by atoms with van der Waals surface area (Å²) in [7, 11) is -3.52. The summed E-state index contributed by atoms with van der Waals surface area (Å²) >= 11 is 0. The van der Waals surface area contributed by atoms with E-state index in [1.54, 1.807) is 36.4 Å². The molecule has 0 aromatic heterocycles. The monoisotopic (exact) mass is 609 g/mol. The maximum Gasteiger partial charge on any atom is 0.247 e. The Kier molecular flexibility index (Phi) is 11.8. The number of ether oxygens (including phenoxy) is 1. The molecule has 0 aliphatic carbocycles. The lowest BCUT2D eigenvalue weighted by atomic mass is 10.0. The first-order chi connectivity index (χ1) is 20.8. The highest BCUT2D eigenvalue weighted by atomic mass is 32.2. The Morgan fingerprint density at radius 2 is 1.60 bits per heavy atom. The zero-order valence-electron chi connectivity index (χ0n) is 24.6. The standard InChI is InChI=1S/C33H40FN3O5S/c1-2-42-24-8-21-35-33(39)32(28-9-4-3-5-10-28)37(25-27-11-16-29(34)17-12-27)31(38)20-15-26-13-18-30(19-14-26)43(40,41)36-22-6-7-23-36/h3-5,9-14,16-19,32H,2,6-8,15,20-25H2,1H3,(H,35,39)/t32-/m1/s1. The number of aryl methyl sites for hydroxylation is 1. The molecule has 230 valence electrons. The number of nitrogens with one attached hydrogen (secondary N) is 1. The van der Waals surface area contributed by atoms with Crippen molar-refractivity contribution in [1.82, 2.24) is 14.5 Å². The number of rotatable bonds is 15. The largest absolute Gasteiger partial charge is 0.382 e. The van der Waals surface area contributed by atoms with Gasteiger partial charge in [0.1, 0.15) is 11.9 Å². The van der Waals surface area contributed by atoms with Crippen LogP contribution in [0.2, 0.25) is 0 Å². The predicted molar refractivity (Wildman–Crippen MR) is 163 cm³/mol. The molecule has 43 heavy (non-hydrogen) atoms. The van der Waals surface area contributed by atoms with Crippen LogP contribution in [-0.2, 0) is 37.3 Å². The van der Waals surface area contributed by atoms with Gasteiger partial charge in [0.25, 0.3) is 0 Å². The Hall–Kier alpha value is -3.60. The van der Waals surface area contributed by atoms with Crippen molar-refractivity contribution in [2.75, 3.05) is 32.8 Å². The molecule has 0 bridgehead atoms. The molecular formula is C33H40FN3O5S. The molecule has 2 amide bonds. The molecule has 1 heterocycles. The number of halogens is 1. The number of benzene rings is 3. The van der Waals surface area contributed by atoms with Crippen LogP contribution in [-0.4, -0.2) is 62.3 Å². The minimum absolute atomic E-state index is 0.0976. The molecule has 3 aromatic rings. The fraction of sp³-hybridized carbons (Fsp3) is 0.394. The van der Waals surface area contributed by atoms with Gasteiger partial charge >= 0.3 is 0 Å². The van der Waals surface area contributed by atoms with Gasteiger partial charge in [-0.25, -0.2) is 12.8 Å². The number of carbonyl (C=O) groups is 2. The van der Waals surface area contributed by atoms with Gasteiger partial charge in [0.2, 0.25) is 21.8 Å². The van der Waals surface area contributed by atoms with E-state index in [4.69, 9.17) is 4.74 Å². The molecule has 0 saturated carbocycles. The highest BCUT2D eigenvalue weighted by Crippen LogP contribution is 2.26. The summed E-state index contributed by atoms with van der Waals surface area (Å²) in [5, 5.41) is 2.95. The highest BCUT2D eigenvalue weighted by molar-refractivity contribution is 7.89. The van der Waals surface area contributed by atoms with Gasteiger partial charge in [0, 0.05) is 45.8 Å². The lowest BCUT2D eigenvalue weighted by Crippen LogP contribution is -2.43. The quantitative estimate of drug-likeness (QED) is 0.249. The van der Waals surface area contributed by atoms with Crippen LogP contribution in [0, 0.1) is 5.82 Å². The van der Waals surface area contributed by atoms with E-state index in [2.05, 4.69) is 5.32 Å². The van der Waals surface area contributed by atoms with Gasteiger partial charge in [0.05, 0.1) is 4.90 Å². The van der Waals surface area contributed by atoms with Crippen LogP contribution in [0.5, 0.6) is 0 Å². The minimum atomic E-state index is -3.52. The number of sulfonamides is 1. The van der Waals surface area contributed by atoms with Gasteiger partial charge in [-0.2, -0.15) is 4.31 Å². The maximum atomic E-state index is 13.9. The van der Waals surface area contributed by atoms with E-state index >= 15 is 0 Å². The van der Waals surface area contributed by atoms with Crippen molar-refractivity contribution < 1.29 is 27.1 Å². The van der Waals surface area contributed by atoms with Crippen molar-refractivity contribution in [3.8, 4) is 0 Å². The molecular weight excluding hydrogens is 569 g/mol. The van der Waals surface area contributed by atoms with E-state index in [1.165, 1.54) is 21.3 Å². The van der Waals surface area contributed by atoms with Crippen molar-refractivity contribution in [3.05, 3.63) is 101 Å².